The Hall–Kier alpha value is -1.03. The molecule has 0 aliphatic rings. The van der Waals surface area contributed by atoms with Gasteiger partial charge in [0.05, 0.1) is 12.3 Å². The van der Waals surface area contributed by atoms with Crippen molar-refractivity contribution < 1.29 is 9.53 Å². The quantitative estimate of drug-likeness (QED) is 0.817. The summed E-state index contributed by atoms with van der Waals surface area (Å²) in [4.78, 5) is 11.0. The molecule has 1 aromatic carbocycles. The lowest BCUT2D eigenvalue weighted by molar-refractivity contribution is -0.114. The third-order valence-electron chi connectivity index (χ3n) is 2.47. The summed E-state index contributed by atoms with van der Waals surface area (Å²) in [6.07, 6.45) is 1.06. The zero-order chi connectivity index (χ0) is 12.7. The van der Waals surface area contributed by atoms with Gasteiger partial charge in [-0.25, -0.2) is 0 Å². The summed E-state index contributed by atoms with van der Waals surface area (Å²) in [5, 5.41) is 3.68. The van der Waals surface area contributed by atoms with Crippen molar-refractivity contribution in [2.75, 3.05) is 17.3 Å². The summed E-state index contributed by atoms with van der Waals surface area (Å²) in [7, 11) is 0. The van der Waals surface area contributed by atoms with E-state index in [1.165, 1.54) is 6.92 Å². The Morgan fingerprint density at radius 1 is 1.47 bits per heavy atom. The van der Waals surface area contributed by atoms with Crippen LogP contribution in [0.15, 0.2) is 24.3 Å². The number of alkyl halides is 1. The lowest BCUT2D eigenvalue weighted by atomic mass is 10.1. The number of carbonyl (C=O) groups is 1. The van der Waals surface area contributed by atoms with Gasteiger partial charge in [-0.1, -0.05) is 35.0 Å². The predicted octanol–water partition coefficient (Wildman–Crippen LogP) is 3.44. The van der Waals surface area contributed by atoms with Crippen molar-refractivity contribution in [1.82, 2.24) is 0 Å². The van der Waals surface area contributed by atoms with Crippen LogP contribution in [0.1, 0.15) is 20.3 Å². The zero-order valence-corrected chi connectivity index (χ0v) is 11.8. The summed E-state index contributed by atoms with van der Waals surface area (Å²) >= 11 is 3.46. The van der Waals surface area contributed by atoms with E-state index in [1.807, 2.05) is 24.3 Å². The van der Waals surface area contributed by atoms with Crippen molar-refractivity contribution in [3.05, 3.63) is 24.3 Å². The van der Waals surface area contributed by atoms with Crippen molar-refractivity contribution in [2.45, 2.75) is 20.3 Å². The molecule has 0 fully saturated rings. The maximum Gasteiger partial charge on any atom is 0.221 e. The number of para-hydroxylation sites is 2. The van der Waals surface area contributed by atoms with Gasteiger partial charge in [0, 0.05) is 18.2 Å². The highest BCUT2D eigenvalue weighted by atomic mass is 79.9. The molecule has 0 radical (unpaired) electrons. The predicted molar refractivity (Wildman–Crippen MR) is 73.8 cm³/mol. The molecule has 0 aliphatic carbocycles. The van der Waals surface area contributed by atoms with Gasteiger partial charge in [-0.2, -0.15) is 0 Å². The summed E-state index contributed by atoms with van der Waals surface area (Å²) in [5.41, 5.74) is 0.726. The van der Waals surface area contributed by atoms with Crippen LogP contribution in [0.3, 0.4) is 0 Å². The Balaban J connectivity index is 2.66. The van der Waals surface area contributed by atoms with E-state index in [4.69, 9.17) is 4.74 Å². The average molecular weight is 300 g/mol. The van der Waals surface area contributed by atoms with Gasteiger partial charge in [0.2, 0.25) is 5.91 Å². The molecule has 0 heterocycles. The highest BCUT2D eigenvalue weighted by Crippen LogP contribution is 2.24. The molecule has 0 saturated carbocycles. The first-order valence-electron chi connectivity index (χ1n) is 5.72. The average Bonchev–Trinajstić information content (AvgIpc) is 2.31. The fourth-order valence-corrected chi connectivity index (χ4v) is 2.01. The Bertz CT molecular complexity index is 364. The molecule has 1 aromatic rings. The number of halogens is 1. The van der Waals surface area contributed by atoms with Gasteiger partial charge in [-0.3, -0.25) is 4.79 Å². The molecule has 1 rings (SSSR count). The molecule has 0 bridgehead atoms. The molecule has 1 amide bonds. The molecule has 17 heavy (non-hydrogen) atoms. The van der Waals surface area contributed by atoms with E-state index < -0.39 is 0 Å². The highest BCUT2D eigenvalue weighted by molar-refractivity contribution is 9.09. The Kier molecular flexibility index (Phi) is 6.05. The van der Waals surface area contributed by atoms with Crippen LogP contribution >= 0.6 is 15.9 Å². The van der Waals surface area contributed by atoms with Gasteiger partial charge in [0.25, 0.3) is 0 Å². The lowest BCUT2D eigenvalue weighted by Gasteiger charge is -2.15. The minimum atomic E-state index is -0.0893. The summed E-state index contributed by atoms with van der Waals surface area (Å²) in [6, 6.07) is 7.48. The van der Waals surface area contributed by atoms with Gasteiger partial charge in [-0.15, -0.1) is 0 Å². The normalized spacial score (nSPS) is 11.9. The molecule has 94 valence electrons. The van der Waals surface area contributed by atoms with Crippen LogP contribution in [-0.2, 0) is 4.79 Å². The molecule has 1 atom stereocenters. The molecule has 0 spiro atoms. The van der Waals surface area contributed by atoms with Crippen molar-refractivity contribution in [1.29, 1.82) is 0 Å². The fourth-order valence-electron chi connectivity index (χ4n) is 1.36. The van der Waals surface area contributed by atoms with Gasteiger partial charge >= 0.3 is 0 Å². The lowest BCUT2D eigenvalue weighted by Crippen LogP contribution is -2.14. The summed E-state index contributed by atoms with van der Waals surface area (Å²) < 4.78 is 5.74. The number of ether oxygens (including phenoxy) is 1. The van der Waals surface area contributed by atoms with Crippen molar-refractivity contribution in [3.8, 4) is 5.75 Å². The van der Waals surface area contributed by atoms with Crippen LogP contribution < -0.4 is 10.1 Å². The summed E-state index contributed by atoms with van der Waals surface area (Å²) in [6.45, 7) is 4.28. The topological polar surface area (TPSA) is 38.3 Å². The first-order chi connectivity index (χ1) is 8.17. The van der Waals surface area contributed by atoms with E-state index in [-0.39, 0.29) is 5.91 Å². The Labute approximate surface area is 111 Å². The van der Waals surface area contributed by atoms with E-state index in [0.29, 0.717) is 12.5 Å². The minimum Gasteiger partial charge on any atom is -0.491 e. The molecule has 4 heteroatoms. The smallest absolute Gasteiger partial charge is 0.221 e. The molecular formula is C13H18BrNO2. The van der Waals surface area contributed by atoms with Gasteiger partial charge in [-0.05, 0) is 18.6 Å². The standard InChI is InChI=1S/C13H18BrNO2/c1-3-11(8-14)9-17-13-7-5-4-6-12(13)15-10(2)16/h4-7,11H,3,8-9H2,1-2H3,(H,15,16). The van der Waals surface area contributed by atoms with E-state index >= 15 is 0 Å². The molecule has 0 saturated heterocycles. The molecule has 3 nitrogen and oxygen atoms in total. The monoisotopic (exact) mass is 299 g/mol. The number of benzene rings is 1. The largest absolute Gasteiger partial charge is 0.491 e. The fraction of sp³-hybridized carbons (Fsp3) is 0.462. The van der Waals surface area contributed by atoms with Gasteiger partial charge in [0.1, 0.15) is 5.75 Å². The molecule has 1 unspecified atom stereocenters. The molecule has 1 N–H and O–H groups in total. The van der Waals surface area contributed by atoms with Crippen LogP contribution in [-0.4, -0.2) is 17.8 Å². The second-order valence-electron chi connectivity index (χ2n) is 3.92. The third-order valence-corrected chi connectivity index (χ3v) is 3.38. The maximum absolute atomic E-state index is 11.0. The van der Waals surface area contributed by atoms with Crippen LogP contribution in [0.5, 0.6) is 5.75 Å². The number of amides is 1. The van der Waals surface area contributed by atoms with Crippen LogP contribution in [0.2, 0.25) is 0 Å². The highest BCUT2D eigenvalue weighted by Gasteiger charge is 2.08. The SMILES string of the molecule is CCC(CBr)COc1ccccc1NC(C)=O. The van der Waals surface area contributed by atoms with Crippen molar-refractivity contribution in [2.24, 2.45) is 5.92 Å². The van der Waals surface area contributed by atoms with E-state index in [9.17, 15) is 4.79 Å². The second-order valence-corrected chi connectivity index (χ2v) is 4.56. The van der Waals surface area contributed by atoms with Crippen molar-refractivity contribution in [3.63, 3.8) is 0 Å². The van der Waals surface area contributed by atoms with E-state index in [2.05, 4.69) is 28.2 Å². The Morgan fingerprint density at radius 3 is 2.76 bits per heavy atom. The van der Waals surface area contributed by atoms with Crippen LogP contribution in [0.25, 0.3) is 0 Å². The number of rotatable bonds is 6. The summed E-state index contributed by atoms with van der Waals surface area (Å²) in [5.74, 6) is 1.12. The first-order valence-corrected chi connectivity index (χ1v) is 6.84. The molecule has 0 aromatic heterocycles. The van der Waals surface area contributed by atoms with Crippen LogP contribution in [0, 0.1) is 5.92 Å². The van der Waals surface area contributed by atoms with E-state index in [1.54, 1.807) is 0 Å². The first kappa shape index (κ1) is 14.0. The maximum atomic E-state index is 11.0. The molecule has 0 aliphatic heterocycles. The molecular weight excluding hydrogens is 282 g/mol. The minimum absolute atomic E-state index is 0.0893. The van der Waals surface area contributed by atoms with Gasteiger partial charge < -0.3 is 10.1 Å². The van der Waals surface area contributed by atoms with Crippen LogP contribution in [0.4, 0.5) is 5.69 Å². The second kappa shape index (κ2) is 7.33. The van der Waals surface area contributed by atoms with Crippen molar-refractivity contribution >= 4 is 27.5 Å². The number of hydrogen-bond donors (Lipinski definition) is 1. The number of anilines is 1. The number of hydrogen-bond acceptors (Lipinski definition) is 2. The zero-order valence-electron chi connectivity index (χ0n) is 10.2. The Morgan fingerprint density at radius 2 is 2.18 bits per heavy atom. The van der Waals surface area contributed by atoms with Gasteiger partial charge in [0.15, 0.2) is 0 Å². The number of nitrogens with one attached hydrogen (secondary N) is 1. The van der Waals surface area contributed by atoms with E-state index in [0.717, 1.165) is 23.2 Å². The third kappa shape index (κ3) is 4.77. The number of carbonyl (C=O) groups excluding carboxylic acids is 1.